The number of Topliss-reactive ketones (excluding diaryl/α,β-unsaturated/α-hetero) is 2. The average Bonchev–Trinajstić information content (AvgIpc) is 3.93. The van der Waals surface area contributed by atoms with E-state index in [0.29, 0.717) is 37.5 Å². The van der Waals surface area contributed by atoms with E-state index in [1.807, 2.05) is 18.2 Å². The fraction of sp³-hybridized carbons (Fsp3) is 0.488. The number of halogens is 2. The lowest BCUT2D eigenvalue weighted by atomic mass is 9.86. The summed E-state index contributed by atoms with van der Waals surface area (Å²) in [5.41, 5.74) is 2.42. The van der Waals surface area contributed by atoms with Gasteiger partial charge in [-0.15, -0.1) is 0 Å². The number of carbonyl (C=O) groups is 3. The molecule has 7 rings (SSSR count). The van der Waals surface area contributed by atoms with Gasteiger partial charge in [0, 0.05) is 63.9 Å². The van der Waals surface area contributed by atoms with Crippen LogP contribution in [0.4, 0.5) is 14.5 Å². The molecule has 2 fully saturated rings. The number of imidazole rings is 1. The first kappa shape index (κ1) is 39.9. The van der Waals surface area contributed by atoms with Crippen molar-refractivity contribution in [3.63, 3.8) is 0 Å². The number of ether oxygens (including phenoxy) is 1. The number of rotatable bonds is 16. The molecule has 1 unspecified atom stereocenters. The molecule has 1 N–H and O–H groups in total. The molecule has 2 aliphatic carbocycles. The standard InChI is InChI=1S/C41H48F2N8O6/c1-48(19-5-21-56-20-4-7-27-6-3-8-34-37(27)49(2)41(55)51(34)33-14-13-30(52)22-35(33)53)23-26-9-11-29(12-10-26)50-24-31(36(47-50)38(42)43)45-39(54)32-25-57-40(46-32)28-15-17-44-18-16-28/h3,6,8,15-18,24-26,29,33,38H,4-5,7,9-14,19-23H2,1-2H3,(H,45,54). The smallest absolute Gasteiger partial charge is 0.329 e. The van der Waals surface area contributed by atoms with Gasteiger partial charge < -0.3 is 19.4 Å². The molecule has 2 aliphatic rings. The second kappa shape index (κ2) is 17.8. The third-order valence-electron chi connectivity index (χ3n) is 11.1. The molecule has 57 heavy (non-hydrogen) atoms. The number of fused-ring (bicyclic) bond motifs is 1. The fourth-order valence-corrected chi connectivity index (χ4v) is 8.22. The van der Waals surface area contributed by atoms with Crippen LogP contribution in [0.1, 0.15) is 98.0 Å². The molecule has 16 heteroatoms. The lowest BCUT2D eigenvalue weighted by Gasteiger charge is -2.31. The van der Waals surface area contributed by atoms with Gasteiger partial charge in [0.25, 0.3) is 12.3 Å². The molecule has 0 spiro atoms. The predicted octanol–water partition coefficient (Wildman–Crippen LogP) is 6.34. The molecule has 4 heterocycles. The Bertz CT molecular complexity index is 2260. The van der Waals surface area contributed by atoms with Gasteiger partial charge in [0.15, 0.2) is 17.2 Å². The van der Waals surface area contributed by atoms with E-state index in [1.165, 1.54) is 12.5 Å². The zero-order valence-electron chi connectivity index (χ0n) is 32.2. The molecule has 5 aromatic rings. The molecule has 14 nitrogen and oxygen atoms in total. The second-order valence-corrected chi connectivity index (χ2v) is 15.2. The van der Waals surface area contributed by atoms with Crippen molar-refractivity contribution in [2.75, 3.05) is 38.7 Å². The van der Waals surface area contributed by atoms with Crippen molar-refractivity contribution < 1.29 is 32.3 Å². The lowest BCUT2D eigenvalue weighted by molar-refractivity contribution is -0.132. The highest BCUT2D eigenvalue weighted by atomic mass is 19.3. The van der Waals surface area contributed by atoms with Crippen molar-refractivity contribution in [2.24, 2.45) is 13.0 Å². The maximum Gasteiger partial charge on any atom is 0.329 e. The number of para-hydroxylation sites is 1. The SMILES string of the molecule is CN(CCCOCCCc1cccc2c1n(C)c(=O)n2C1CCC(=O)CC1=O)CC1CCC(n2cc(NC(=O)c3coc(-c4ccncc4)n3)c(C(F)F)n2)CC1. The molecule has 1 amide bonds. The molecule has 0 radical (unpaired) electrons. The number of alkyl halides is 2. The molecular weight excluding hydrogens is 738 g/mol. The molecule has 0 bridgehead atoms. The van der Waals surface area contributed by atoms with Gasteiger partial charge in [-0.05, 0) is 88.1 Å². The Morgan fingerprint density at radius 2 is 1.82 bits per heavy atom. The van der Waals surface area contributed by atoms with Gasteiger partial charge in [0.05, 0.1) is 35.2 Å². The molecular formula is C41H48F2N8O6. The fourth-order valence-electron chi connectivity index (χ4n) is 8.22. The van der Waals surface area contributed by atoms with Crippen molar-refractivity contribution in [1.29, 1.82) is 0 Å². The Morgan fingerprint density at radius 3 is 2.58 bits per heavy atom. The van der Waals surface area contributed by atoms with Gasteiger partial charge in [0.2, 0.25) is 5.89 Å². The number of aromatic nitrogens is 6. The first-order valence-electron chi connectivity index (χ1n) is 19.6. The van der Waals surface area contributed by atoms with E-state index in [4.69, 9.17) is 9.15 Å². The number of hydrogen-bond acceptors (Lipinski definition) is 10. The van der Waals surface area contributed by atoms with Crippen LogP contribution in [0.2, 0.25) is 0 Å². The van der Waals surface area contributed by atoms with Gasteiger partial charge in [-0.2, -0.15) is 5.10 Å². The topological polar surface area (TPSA) is 159 Å². The average molecular weight is 787 g/mol. The van der Waals surface area contributed by atoms with E-state index < -0.39 is 24.1 Å². The summed E-state index contributed by atoms with van der Waals surface area (Å²) in [6.07, 6.45) is 9.38. The van der Waals surface area contributed by atoms with Gasteiger partial charge in [-0.25, -0.2) is 18.6 Å². The van der Waals surface area contributed by atoms with Crippen LogP contribution in [0.25, 0.3) is 22.5 Å². The van der Waals surface area contributed by atoms with E-state index in [-0.39, 0.29) is 47.0 Å². The number of aryl methyl sites for hydroxylation is 2. The van der Waals surface area contributed by atoms with E-state index in [0.717, 1.165) is 74.6 Å². The van der Waals surface area contributed by atoms with Crippen LogP contribution >= 0.6 is 0 Å². The van der Waals surface area contributed by atoms with Crippen LogP contribution in [0.3, 0.4) is 0 Å². The number of anilines is 1. The van der Waals surface area contributed by atoms with Crippen molar-refractivity contribution in [2.45, 2.75) is 82.7 Å². The normalized spacial score (nSPS) is 18.9. The summed E-state index contributed by atoms with van der Waals surface area (Å²) < 4.78 is 44.1. The first-order chi connectivity index (χ1) is 27.6. The van der Waals surface area contributed by atoms with Crippen LogP contribution in [0.15, 0.2) is 64.4 Å². The van der Waals surface area contributed by atoms with Crippen molar-refractivity contribution in [1.82, 2.24) is 33.8 Å². The highest BCUT2D eigenvalue weighted by Gasteiger charge is 2.32. The first-order valence-corrected chi connectivity index (χ1v) is 19.6. The molecule has 4 aromatic heterocycles. The zero-order valence-corrected chi connectivity index (χ0v) is 32.2. The van der Waals surface area contributed by atoms with Crippen LogP contribution in [-0.4, -0.2) is 84.6 Å². The highest BCUT2D eigenvalue weighted by Crippen LogP contribution is 2.35. The van der Waals surface area contributed by atoms with Crippen LogP contribution in [0.5, 0.6) is 0 Å². The Hall–Kier alpha value is -5.35. The van der Waals surface area contributed by atoms with Crippen LogP contribution < -0.4 is 11.0 Å². The van der Waals surface area contributed by atoms with Gasteiger partial charge in [-0.1, -0.05) is 12.1 Å². The van der Waals surface area contributed by atoms with Crippen molar-refractivity contribution in [3.8, 4) is 11.5 Å². The molecule has 2 saturated carbocycles. The molecule has 1 aromatic carbocycles. The number of carbonyl (C=O) groups excluding carboxylic acids is 3. The maximum atomic E-state index is 14.0. The third-order valence-corrected chi connectivity index (χ3v) is 11.1. The number of nitrogens with one attached hydrogen (secondary N) is 1. The summed E-state index contributed by atoms with van der Waals surface area (Å²) >= 11 is 0. The minimum Gasteiger partial charge on any atom is -0.444 e. The summed E-state index contributed by atoms with van der Waals surface area (Å²) in [7, 11) is 3.84. The summed E-state index contributed by atoms with van der Waals surface area (Å²) in [5.74, 6) is -0.229. The highest BCUT2D eigenvalue weighted by molar-refractivity contribution is 6.04. The zero-order chi connectivity index (χ0) is 40.1. The number of hydrogen-bond donors (Lipinski definition) is 1. The number of ketones is 2. The number of oxazole rings is 1. The van der Waals surface area contributed by atoms with Crippen LogP contribution in [0, 0.1) is 5.92 Å². The van der Waals surface area contributed by atoms with Crippen molar-refractivity contribution in [3.05, 3.63) is 82.6 Å². The number of benzene rings is 1. The summed E-state index contributed by atoms with van der Waals surface area (Å²) in [6.45, 7) is 3.03. The Kier molecular flexibility index (Phi) is 12.5. The third kappa shape index (κ3) is 9.12. The minimum absolute atomic E-state index is 0.0333. The van der Waals surface area contributed by atoms with Gasteiger partial charge in [0.1, 0.15) is 12.0 Å². The van der Waals surface area contributed by atoms with E-state index in [9.17, 15) is 28.0 Å². The van der Waals surface area contributed by atoms with Crippen LogP contribution in [-0.2, 0) is 27.8 Å². The minimum atomic E-state index is -2.86. The number of nitrogens with zero attached hydrogens (tertiary/aromatic N) is 7. The molecule has 302 valence electrons. The summed E-state index contributed by atoms with van der Waals surface area (Å²) in [5, 5.41) is 6.74. The summed E-state index contributed by atoms with van der Waals surface area (Å²) in [4.78, 5) is 61.0. The molecule has 0 saturated heterocycles. The van der Waals surface area contributed by atoms with Gasteiger partial charge >= 0.3 is 5.69 Å². The largest absolute Gasteiger partial charge is 0.444 e. The number of amides is 1. The quantitative estimate of drug-likeness (QED) is 0.0884. The Labute approximate surface area is 328 Å². The maximum absolute atomic E-state index is 14.0. The van der Waals surface area contributed by atoms with Gasteiger partial charge in [-0.3, -0.25) is 33.2 Å². The van der Waals surface area contributed by atoms with E-state index in [1.54, 1.807) is 45.4 Å². The Balaban J connectivity index is 0.822. The molecule has 1 atom stereocenters. The second-order valence-electron chi connectivity index (χ2n) is 15.2. The summed E-state index contributed by atoms with van der Waals surface area (Å²) in [6, 6.07) is 8.52. The molecule has 0 aliphatic heterocycles. The Morgan fingerprint density at radius 1 is 1.05 bits per heavy atom. The monoisotopic (exact) mass is 786 g/mol. The number of pyridine rings is 1. The van der Waals surface area contributed by atoms with E-state index in [2.05, 4.69) is 32.3 Å². The van der Waals surface area contributed by atoms with Crippen molar-refractivity contribution >= 4 is 34.2 Å². The predicted molar refractivity (Wildman–Crippen MR) is 207 cm³/mol. The lowest BCUT2D eigenvalue weighted by Crippen LogP contribution is -2.34. The van der Waals surface area contributed by atoms with E-state index >= 15 is 0 Å².